The number of hydrogen-bond donors (Lipinski definition) is 0. The molecule has 0 N–H and O–H groups in total. The van der Waals surface area contributed by atoms with E-state index in [1.54, 1.807) is 0 Å². The number of carbonyl (C=O) groups excluding carboxylic acids is 1. The van der Waals surface area contributed by atoms with Crippen molar-refractivity contribution in [2.24, 2.45) is 0 Å². The van der Waals surface area contributed by atoms with Gasteiger partial charge in [0.25, 0.3) is 0 Å². The first-order valence-electron chi connectivity index (χ1n) is 5.36. The number of benzene rings is 1. The molecule has 3 nitrogen and oxygen atoms in total. The van der Waals surface area contributed by atoms with Crippen LogP contribution in [0.5, 0.6) is 0 Å². The molecule has 0 aliphatic carbocycles. The molecule has 0 aliphatic heterocycles. The molecule has 0 unspecified atom stereocenters. The first kappa shape index (κ1) is 14.9. The number of aromatic nitrogens is 2. The van der Waals surface area contributed by atoms with Crippen molar-refractivity contribution in [1.29, 1.82) is 0 Å². The Bertz CT molecular complexity index is 652. The van der Waals surface area contributed by atoms with E-state index < -0.39 is 17.7 Å². The summed E-state index contributed by atoms with van der Waals surface area (Å²) in [4.78, 5) is 11.9. The summed E-state index contributed by atoms with van der Waals surface area (Å²) in [5, 5.41) is 3.81. The van der Waals surface area contributed by atoms with Crippen molar-refractivity contribution in [2.45, 2.75) is 12.7 Å². The van der Waals surface area contributed by atoms with Crippen molar-refractivity contribution in [2.75, 3.05) is 0 Å². The van der Waals surface area contributed by atoms with E-state index in [4.69, 9.17) is 23.2 Å². The Morgan fingerprint density at radius 1 is 1.25 bits per heavy atom. The van der Waals surface area contributed by atoms with Crippen molar-refractivity contribution >= 4 is 29.0 Å². The van der Waals surface area contributed by atoms with Crippen LogP contribution in [0.25, 0.3) is 0 Å². The average Bonchev–Trinajstić information content (AvgIpc) is 2.76. The van der Waals surface area contributed by atoms with Gasteiger partial charge in [-0.2, -0.15) is 18.3 Å². The molecule has 0 saturated carbocycles. The Balaban J connectivity index is 2.17. The van der Waals surface area contributed by atoms with Gasteiger partial charge >= 0.3 is 6.18 Å². The summed E-state index contributed by atoms with van der Waals surface area (Å²) >= 11 is 11.6. The largest absolute Gasteiger partial charge is 0.435 e. The van der Waals surface area contributed by atoms with Gasteiger partial charge in [0.05, 0.1) is 5.02 Å². The van der Waals surface area contributed by atoms with Crippen molar-refractivity contribution in [3.8, 4) is 0 Å². The summed E-state index contributed by atoms with van der Waals surface area (Å²) < 4.78 is 38.0. The van der Waals surface area contributed by atoms with Crippen LogP contribution in [0.2, 0.25) is 10.0 Å². The third-order valence-corrected chi connectivity index (χ3v) is 3.02. The molecule has 2 aromatic rings. The zero-order chi connectivity index (χ0) is 14.9. The van der Waals surface area contributed by atoms with Gasteiger partial charge < -0.3 is 0 Å². The van der Waals surface area contributed by atoms with E-state index in [1.807, 2.05) is 0 Å². The van der Waals surface area contributed by atoms with E-state index in [0.29, 0.717) is 5.02 Å². The van der Waals surface area contributed by atoms with Crippen LogP contribution in [0, 0.1) is 0 Å². The molecule has 1 aromatic carbocycles. The quantitative estimate of drug-likeness (QED) is 0.798. The number of alkyl halides is 3. The average molecular weight is 323 g/mol. The molecule has 0 aliphatic rings. The molecule has 20 heavy (non-hydrogen) atoms. The number of Topliss-reactive ketones (excluding diaryl/α,β-unsaturated/α-hetero) is 1. The maximum atomic E-state index is 12.4. The summed E-state index contributed by atoms with van der Waals surface area (Å²) in [5.41, 5.74) is -0.868. The molecule has 8 heteroatoms. The summed E-state index contributed by atoms with van der Waals surface area (Å²) in [6.07, 6.45) is -3.45. The number of hydrogen-bond acceptors (Lipinski definition) is 2. The number of ketones is 1. The maximum Gasteiger partial charge on any atom is 0.435 e. The molecule has 1 aromatic heterocycles. The third-order valence-electron chi connectivity index (χ3n) is 2.47. The lowest BCUT2D eigenvalue weighted by molar-refractivity contribution is -0.141. The fourth-order valence-electron chi connectivity index (χ4n) is 1.55. The van der Waals surface area contributed by atoms with Crippen LogP contribution in [-0.4, -0.2) is 15.6 Å². The summed E-state index contributed by atoms with van der Waals surface area (Å²) in [6.45, 7) is -0.336. The van der Waals surface area contributed by atoms with Gasteiger partial charge in [0.2, 0.25) is 0 Å². The molecule has 0 spiro atoms. The minimum atomic E-state index is -4.54. The van der Waals surface area contributed by atoms with Crippen LogP contribution < -0.4 is 0 Å². The predicted octanol–water partition coefficient (Wildman–Crippen LogP) is 4.09. The van der Waals surface area contributed by atoms with Gasteiger partial charge in [-0.15, -0.1) is 0 Å². The molecule has 106 valence electrons. The number of nitrogens with zero attached hydrogens (tertiary/aromatic N) is 2. The minimum absolute atomic E-state index is 0.144. The molecule has 0 amide bonds. The lowest BCUT2D eigenvalue weighted by Gasteiger charge is -2.05. The van der Waals surface area contributed by atoms with Crippen molar-refractivity contribution < 1.29 is 18.0 Å². The maximum absolute atomic E-state index is 12.4. The Morgan fingerprint density at radius 3 is 2.50 bits per heavy atom. The molecule has 0 fully saturated rings. The molecular formula is C12H7Cl2F3N2O. The monoisotopic (exact) mass is 322 g/mol. The van der Waals surface area contributed by atoms with Crippen LogP contribution in [0.4, 0.5) is 13.2 Å². The van der Waals surface area contributed by atoms with Crippen LogP contribution in [-0.2, 0) is 12.7 Å². The second-order valence-electron chi connectivity index (χ2n) is 3.94. The van der Waals surface area contributed by atoms with Gasteiger partial charge in [0.1, 0.15) is 6.54 Å². The van der Waals surface area contributed by atoms with Gasteiger partial charge in [0.15, 0.2) is 11.5 Å². The minimum Gasteiger partial charge on any atom is -0.292 e. The Hall–Kier alpha value is -1.53. The zero-order valence-corrected chi connectivity index (χ0v) is 11.3. The summed E-state index contributed by atoms with van der Waals surface area (Å²) in [5.74, 6) is -0.455. The molecule has 0 saturated heterocycles. The third kappa shape index (κ3) is 3.32. The second kappa shape index (κ2) is 5.46. The molecule has 1 heterocycles. The Labute approximate surface area is 121 Å². The van der Waals surface area contributed by atoms with Crippen molar-refractivity contribution in [3.63, 3.8) is 0 Å². The number of carbonyl (C=O) groups is 1. The lowest BCUT2D eigenvalue weighted by Crippen LogP contribution is -2.13. The lowest BCUT2D eigenvalue weighted by atomic mass is 10.1. The van der Waals surface area contributed by atoms with Crippen LogP contribution in [0.1, 0.15) is 16.1 Å². The van der Waals surface area contributed by atoms with E-state index in [9.17, 15) is 18.0 Å². The molecule has 2 rings (SSSR count). The molecular weight excluding hydrogens is 316 g/mol. The molecule has 0 bridgehead atoms. The number of halogens is 5. The van der Waals surface area contributed by atoms with Gasteiger partial charge in [0, 0.05) is 16.8 Å². The fourth-order valence-corrected chi connectivity index (χ4v) is 2.06. The van der Waals surface area contributed by atoms with Gasteiger partial charge in [-0.1, -0.05) is 23.2 Å². The summed E-state index contributed by atoms with van der Waals surface area (Å²) in [6, 6.07) is 5.09. The molecule has 0 radical (unpaired) electrons. The van der Waals surface area contributed by atoms with E-state index in [0.717, 1.165) is 16.9 Å². The van der Waals surface area contributed by atoms with E-state index in [2.05, 4.69) is 5.10 Å². The van der Waals surface area contributed by atoms with Gasteiger partial charge in [-0.05, 0) is 24.3 Å². The van der Waals surface area contributed by atoms with Gasteiger partial charge in [-0.3, -0.25) is 9.48 Å². The van der Waals surface area contributed by atoms with E-state index in [1.165, 1.54) is 18.2 Å². The van der Waals surface area contributed by atoms with Crippen molar-refractivity contribution in [1.82, 2.24) is 9.78 Å². The second-order valence-corrected chi connectivity index (χ2v) is 4.79. The van der Waals surface area contributed by atoms with Crippen molar-refractivity contribution in [3.05, 3.63) is 51.8 Å². The Morgan fingerprint density at radius 2 is 1.95 bits per heavy atom. The first-order valence-corrected chi connectivity index (χ1v) is 6.12. The zero-order valence-electron chi connectivity index (χ0n) is 9.79. The summed E-state index contributed by atoms with van der Waals surface area (Å²) in [7, 11) is 0. The normalized spacial score (nSPS) is 11.7. The van der Waals surface area contributed by atoms with Crippen LogP contribution >= 0.6 is 23.2 Å². The standard InChI is InChI=1S/C12H7Cl2F3N2O/c13-7-1-2-8(9(14)5-7)10(20)6-19-4-3-11(18-19)12(15,16)17/h1-5H,6H2. The van der Waals surface area contributed by atoms with E-state index >= 15 is 0 Å². The highest BCUT2D eigenvalue weighted by Gasteiger charge is 2.33. The van der Waals surface area contributed by atoms with E-state index in [-0.39, 0.29) is 17.1 Å². The highest BCUT2D eigenvalue weighted by atomic mass is 35.5. The SMILES string of the molecule is O=C(Cn1ccc(C(F)(F)F)n1)c1ccc(Cl)cc1Cl. The first-order chi connectivity index (χ1) is 9.27. The number of rotatable bonds is 3. The Kier molecular flexibility index (Phi) is 4.06. The fraction of sp³-hybridized carbons (Fsp3) is 0.167. The highest BCUT2D eigenvalue weighted by Crippen LogP contribution is 2.27. The highest BCUT2D eigenvalue weighted by molar-refractivity contribution is 6.36. The smallest absolute Gasteiger partial charge is 0.292 e. The molecule has 0 atom stereocenters. The van der Waals surface area contributed by atoms with Crippen LogP contribution in [0.3, 0.4) is 0 Å². The van der Waals surface area contributed by atoms with Gasteiger partial charge in [-0.25, -0.2) is 0 Å². The van der Waals surface area contributed by atoms with Crippen LogP contribution in [0.15, 0.2) is 30.5 Å². The topological polar surface area (TPSA) is 34.9 Å². The predicted molar refractivity (Wildman–Crippen MR) is 68.0 cm³/mol.